The number of aromatic nitrogens is 11. The molecule has 7 aromatic heterocycles. The van der Waals surface area contributed by atoms with Crippen LogP contribution in [0.15, 0.2) is 97.8 Å². The first-order chi connectivity index (χ1) is 57.4. The van der Waals surface area contributed by atoms with Gasteiger partial charge >= 0.3 is 0 Å². The van der Waals surface area contributed by atoms with Crippen LogP contribution in [-0.4, -0.2) is 145 Å². The molecule has 1 aromatic carbocycles. The number of fused-ring (bicyclic) bond motifs is 4. The van der Waals surface area contributed by atoms with Crippen molar-refractivity contribution >= 4 is 23.6 Å². The minimum Gasteiger partial charge on any atom is -0.381 e. The van der Waals surface area contributed by atoms with Gasteiger partial charge in [0.1, 0.15) is 5.82 Å². The molecule has 3 aliphatic heterocycles. The zero-order valence-electron chi connectivity index (χ0n) is 70.8. The summed E-state index contributed by atoms with van der Waals surface area (Å²) in [5.74, 6) is 2.01. The molecule has 117 heavy (non-hydrogen) atoms. The highest BCUT2D eigenvalue weighted by atomic mass is 19.1. The van der Waals surface area contributed by atoms with E-state index in [0.717, 1.165) is 236 Å². The van der Waals surface area contributed by atoms with Crippen molar-refractivity contribution in [3.05, 3.63) is 194 Å². The molecule has 4 fully saturated rings. The summed E-state index contributed by atoms with van der Waals surface area (Å²) < 4.78 is 33.0. The second-order valence-corrected chi connectivity index (χ2v) is 34.4. The van der Waals surface area contributed by atoms with E-state index in [-0.39, 0.29) is 41.6 Å². The fraction of sp³-hybridized carbons (Fsp3) is 0.611. The molecule has 4 atom stereocenters. The van der Waals surface area contributed by atoms with Gasteiger partial charge in [0.25, 0.3) is 23.6 Å². The number of aryl methyl sites for hydroxylation is 7. The molecule has 630 valence electrons. The van der Waals surface area contributed by atoms with E-state index in [1.54, 1.807) is 12.1 Å². The Hall–Kier alpha value is -8.76. The van der Waals surface area contributed by atoms with Gasteiger partial charge in [-0.2, -0.15) is 20.4 Å². The van der Waals surface area contributed by atoms with Crippen molar-refractivity contribution < 1.29 is 33.0 Å². The molecule has 2 N–H and O–H groups in total. The summed E-state index contributed by atoms with van der Waals surface area (Å²) in [5, 5.41) is 25.6. The lowest BCUT2D eigenvalue weighted by molar-refractivity contribution is 0.0311. The lowest BCUT2D eigenvalue weighted by Gasteiger charge is -2.27. The Bertz CT molecular complexity index is 4400. The summed E-state index contributed by atoms with van der Waals surface area (Å²) in [6, 6.07) is 19.5. The highest BCUT2D eigenvalue weighted by Crippen LogP contribution is 2.37. The third-order valence-electron chi connectivity index (χ3n) is 25.6. The first-order valence-electron chi connectivity index (χ1n) is 45.5. The maximum absolute atomic E-state index is 13.2. The zero-order chi connectivity index (χ0) is 81.1. The Morgan fingerprint density at radius 2 is 0.795 bits per heavy atom. The third-order valence-corrected chi connectivity index (χ3v) is 25.6. The number of ether oxygens (including phenoxy) is 2. The van der Waals surface area contributed by atoms with Gasteiger partial charge < -0.3 is 29.9 Å². The largest absolute Gasteiger partial charge is 0.381 e. The van der Waals surface area contributed by atoms with E-state index in [1.165, 1.54) is 152 Å². The molecule has 1 saturated carbocycles. The lowest BCUT2D eigenvalue weighted by Crippen LogP contribution is -2.39. The van der Waals surface area contributed by atoms with Gasteiger partial charge in [0.05, 0.1) is 12.7 Å². The average molecular weight is 1600 g/mol. The van der Waals surface area contributed by atoms with Crippen LogP contribution >= 0.6 is 0 Å². The second-order valence-electron chi connectivity index (χ2n) is 34.4. The van der Waals surface area contributed by atoms with Gasteiger partial charge in [-0.15, -0.1) is 0 Å². The minimum absolute atomic E-state index is 0.00372. The van der Waals surface area contributed by atoms with Crippen LogP contribution in [0.5, 0.6) is 0 Å². The van der Waals surface area contributed by atoms with Crippen molar-refractivity contribution in [3.63, 3.8) is 0 Å². The number of carbonyl (C=O) groups excluding carboxylic acids is 4. The van der Waals surface area contributed by atoms with E-state index in [1.807, 2.05) is 69.9 Å². The Kier molecular flexibility index (Phi) is 32.6. The summed E-state index contributed by atoms with van der Waals surface area (Å²) in [4.78, 5) is 69.1. The Morgan fingerprint density at radius 3 is 1.18 bits per heavy atom. The van der Waals surface area contributed by atoms with E-state index >= 15 is 0 Å². The summed E-state index contributed by atoms with van der Waals surface area (Å²) in [5.41, 5.74) is 17.6. The summed E-state index contributed by atoms with van der Waals surface area (Å²) in [6.45, 7) is 17.6. The summed E-state index contributed by atoms with van der Waals surface area (Å²) in [6.07, 6.45) is 51.5. The molecule has 16 rings (SSSR count). The van der Waals surface area contributed by atoms with Crippen molar-refractivity contribution in [2.24, 2.45) is 17.8 Å². The number of carbonyl (C=O) groups is 4. The highest BCUT2D eigenvalue weighted by Gasteiger charge is 2.36. The molecule has 4 unspecified atom stereocenters. The van der Waals surface area contributed by atoms with Gasteiger partial charge in [0.2, 0.25) is 0 Å². The van der Waals surface area contributed by atoms with Crippen LogP contribution in [0.2, 0.25) is 0 Å². The molecular weight excluding hydrogens is 1470 g/mol. The monoisotopic (exact) mass is 1600 g/mol. The molecule has 22 heteroatoms. The number of piperidine rings is 2. The fourth-order valence-electron chi connectivity index (χ4n) is 19.2. The van der Waals surface area contributed by atoms with Crippen LogP contribution in [-0.2, 0) is 113 Å². The number of likely N-dealkylation sites (tertiary alicyclic amines) is 2. The van der Waals surface area contributed by atoms with Crippen LogP contribution in [0.25, 0.3) is 0 Å². The molecule has 21 nitrogen and oxygen atoms in total. The molecule has 5 aliphatic carbocycles. The molecule has 0 spiro atoms. The smallest absolute Gasteiger partial charge is 0.274 e. The number of benzene rings is 1. The van der Waals surface area contributed by atoms with E-state index in [9.17, 15) is 23.6 Å². The molecule has 3 saturated heterocycles. The lowest BCUT2D eigenvalue weighted by atomic mass is 9.83. The maximum atomic E-state index is 13.2. The number of hydrogen-bond donors (Lipinski definition) is 2. The van der Waals surface area contributed by atoms with Crippen LogP contribution in [0.4, 0.5) is 4.39 Å². The van der Waals surface area contributed by atoms with Crippen molar-refractivity contribution in [1.29, 1.82) is 0 Å². The molecular formula is C95H132FN15O6. The highest BCUT2D eigenvalue weighted by molar-refractivity contribution is 5.96. The number of rotatable bonds is 29. The predicted molar refractivity (Wildman–Crippen MR) is 456 cm³/mol. The van der Waals surface area contributed by atoms with Gasteiger partial charge in [-0.25, -0.2) is 4.39 Å². The van der Waals surface area contributed by atoms with Crippen molar-refractivity contribution in [2.45, 2.75) is 316 Å². The van der Waals surface area contributed by atoms with Crippen LogP contribution < -0.4 is 10.6 Å². The molecule has 4 amide bonds. The van der Waals surface area contributed by atoms with Crippen molar-refractivity contribution in [2.75, 3.05) is 39.4 Å². The summed E-state index contributed by atoms with van der Waals surface area (Å²) in [7, 11) is 0. The van der Waals surface area contributed by atoms with Gasteiger partial charge in [0.15, 0.2) is 22.8 Å². The van der Waals surface area contributed by atoms with Gasteiger partial charge in [-0.05, 0) is 289 Å². The SMILES string of the molecule is CCCn1nc(C(=O)N2CCCCC2)c2c1CCC(CCCc1cccnc1)C2.CCCn1nc(C(=O)N2CCCCC2)c2c1CCC(OCc1ccc(F)cc1)C2.CCCn1nc(C(=O)NC2CCCC2)c2c1CCC(CCCc1cccnc1)C2.CCCn1nc(C(=O)NC2CCOCC2)c2c1CCC(CCCc1cccnc1)C2. The molecule has 8 aromatic rings. The molecule has 8 aliphatic rings. The number of halogens is 1. The fourth-order valence-corrected chi connectivity index (χ4v) is 19.2. The van der Waals surface area contributed by atoms with E-state index in [0.29, 0.717) is 47.5 Å². The number of nitrogens with one attached hydrogen (secondary N) is 2. The second kappa shape index (κ2) is 44.3. The Morgan fingerprint density at radius 1 is 0.427 bits per heavy atom. The number of hydrogen-bond acceptors (Lipinski definition) is 13. The van der Waals surface area contributed by atoms with Crippen LogP contribution in [0.3, 0.4) is 0 Å². The van der Waals surface area contributed by atoms with Gasteiger partial charge in [0, 0.05) is 166 Å². The van der Waals surface area contributed by atoms with Crippen LogP contribution in [0, 0.1) is 23.6 Å². The molecule has 10 heterocycles. The Labute approximate surface area is 694 Å². The maximum Gasteiger partial charge on any atom is 0.274 e. The molecule has 0 radical (unpaired) electrons. The predicted octanol–water partition coefficient (Wildman–Crippen LogP) is 16.8. The van der Waals surface area contributed by atoms with Crippen LogP contribution in [0.1, 0.15) is 304 Å². The van der Waals surface area contributed by atoms with E-state index < -0.39 is 0 Å². The van der Waals surface area contributed by atoms with E-state index in [2.05, 4.69) is 85.5 Å². The topological polar surface area (TPSA) is 227 Å². The average Bonchev–Trinajstić information content (AvgIpc) is 1.64. The number of amides is 4. The summed E-state index contributed by atoms with van der Waals surface area (Å²) >= 11 is 0. The third kappa shape index (κ3) is 23.8. The standard InChI is InChI=1S/C24H34N4O2.2C24H34N4O.C23H30FN3O2/c1-2-13-28-22-9-8-18(5-3-6-19-7-4-12-25-17-19)16-21(22)23(27-28)24(29)26-20-10-14-30-15-11-20;1-2-15-28-22-13-12-18(7-5-8-19-9-6-14-25-17-19)16-21(22)23(27-28)24(29)26-20-10-3-4-11-20;1-2-14-28-22-12-11-19(8-6-9-20-10-7-13-25-18-20)17-21(22)23(26-28)24(29)27-15-4-3-5-16-27;1-2-12-27-21-11-10-19(29-16-17-6-8-18(24)9-7-17)15-20(21)22(25-27)23(28)26-13-4-3-5-14-26/h4,7,12,17-18,20H,2-3,5-6,8-11,13-16H2,1H3,(H,26,29);6,9,14,17-18,20H,2-5,7-8,10-13,15-16H2,1H3,(H,26,29);7,10,13,18-19H,2-6,8-9,11-12,14-17H2,1H3;6-9,19H,2-5,10-16H2,1H3. The van der Waals surface area contributed by atoms with Crippen molar-refractivity contribution in [1.82, 2.24) is 74.5 Å². The first-order valence-corrected chi connectivity index (χ1v) is 45.5. The number of pyridine rings is 3. The normalized spacial score (nSPS) is 19.3. The van der Waals surface area contributed by atoms with Crippen molar-refractivity contribution in [3.8, 4) is 0 Å². The number of nitrogens with zero attached hydrogens (tertiary/aromatic N) is 13. The first kappa shape index (κ1) is 86.1. The van der Waals surface area contributed by atoms with Gasteiger partial charge in [-0.1, -0.05) is 70.9 Å². The van der Waals surface area contributed by atoms with Gasteiger partial charge in [-0.3, -0.25) is 52.9 Å². The van der Waals surface area contributed by atoms with E-state index in [4.69, 9.17) is 29.9 Å². The Balaban J connectivity index is 0.000000135. The zero-order valence-corrected chi connectivity index (χ0v) is 70.8. The molecule has 0 bridgehead atoms. The minimum atomic E-state index is -0.236. The quantitative estimate of drug-likeness (QED) is 0.0445.